The molecule has 17 heavy (non-hydrogen) atoms. The van der Waals surface area contributed by atoms with Gasteiger partial charge in [-0.3, -0.25) is 9.59 Å². The van der Waals surface area contributed by atoms with Crippen LogP contribution in [0.3, 0.4) is 0 Å². The first-order valence-corrected chi connectivity index (χ1v) is 6.96. The summed E-state index contributed by atoms with van der Waals surface area (Å²) in [5.41, 5.74) is 0. The molecule has 1 saturated carbocycles. The van der Waals surface area contributed by atoms with E-state index in [2.05, 4.69) is 0 Å². The summed E-state index contributed by atoms with van der Waals surface area (Å²) >= 11 is 0. The Morgan fingerprint density at radius 2 is 1.82 bits per heavy atom. The predicted octanol–water partition coefficient (Wildman–Crippen LogP) is -0.115. The summed E-state index contributed by atoms with van der Waals surface area (Å²) in [6, 6.07) is 0.116. The third-order valence-electron chi connectivity index (χ3n) is 3.09. The first-order chi connectivity index (χ1) is 7.59. The van der Waals surface area contributed by atoms with Gasteiger partial charge in [-0.1, -0.05) is 0 Å². The van der Waals surface area contributed by atoms with E-state index in [9.17, 15) is 18.0 Å². The van der Waals surface area contributed by atoms with E-state index < -0.39 is 32.2 Å². The molecule has 1 amide bonds. The highest BCUT2D eigenvalue weighted by Crippen LogP contribution is 2.26. The number of carboxylic acid groups (broad SMARTS) is 1. The molecule has 0 spiro atoms. The molecule has 98 valence electrons. The van der Waals surface area contributed by atoms with Gasteiger partial charge in [-0.05, 0) is 26.7 Å². The van der Waals surface area contributed by atoms with Gasteiger partial charge in [0, 0.05) is 13.1 Å². The fraction of sp³-hybridized carbons (Fsp3) is 0.800. The molecule has 0 radical (unpaired) electrons. The number of carbonyl (C=O) groups excluding carboxylic acids is 1. The third-order valence-corrected chi connectivity index (χ3v) is 5.45. The minimum atomic E-state index is -4.00. The number of aliphatic carboxylic acids is 1. The van der Waals surface area contributed by atoms with Gasteiger partial charge in [-0.25, -0.2) is 8.42 Å². The predicted molar refractivity (Wildman–Crippen MR) is 61.3 cm³/mol. The van der Waals surface area contributed by atoms with Crippen LogP contribution in [0.4, 0.5) is 0 Å². The SMILES string of the molecule is CN(C(=O)CS(=O)(=O)C(C)(C)C(=O)O)C1CC1. The van der Waals surface area contributed by atoms with Crippen LogP contribution in [-0.4, -0.2) is 53.9 Å². The van der Waals surface area contributed by atoms with Crippen molar-refractivity contribution in [2.24, 2.45) is 0 Å². The fourth-order valence-electron chi connectivity index (χ4n) is 1.24. The average Bonchev–Trinajstić information content (AvgIpc) is 2.98. The lowest BCUT2D eigenvalue weighted by atomic mass is 10.2. The van der Waals surface area contributed by atoms with Gasteiger partial charge in [0.2, 0.25) is 5.91 Å². The first kappa shape index (κ1) is 14.0. The van der Waals surface area contributed by atoms with Crippen LogP contribution in [-0.2, 0) is 19.4 Å². The molecule has 1 rings (SSSR count). The van der Waals surface area contributed by atoms with Gasteiger partial charge in [-0.15, -0.1) is 0 Å². The summed E-state index contributed by atoms with van der Waals surface area (Å²) in [4.78, 5) is 23.9. The van der Waals surface area contributed by atoms with E-state index in [0.717, 1.165) is 26.7 Å². The summed E-state index contributed by atoms with van der Waals surface area (Å²) in [5, 5.41) is 8.85. The normalized spacial score (nSPS) is 16.6. The van der Waals surface area contributed by atoms with E-state index in [1.54, 1.807) is 7.05 Å². The molecule has 7 heteroatoms. The van der Waals surface area contributed by atoms with Crippen molar-refractivity contribution in [1.29, 1.82) is 0 Å². The second kappa shape index (κ2) is 4.29. The Balaban J connectivity index is 2.79. The number of sulfone groups is 1. The molecule has 0 bridgehead atoms. The lowest BCUT2D eigenvalue weighted by Crippen LogP contribution is -2.46. The monoisotopic (exact) mass is 263 g/mol. The molecule has 1 aliphatic carbocycles. The van der Waals surface area contributed by atoms with Gasteiger partial charge in [0.05, 0.1) is 0 Å². The molecular formula is C10H17NO5S. The van der Waals surface area contributed by atoms with Crippen molar-refractivity contribution in [2.45, 2.75) is 37.5 Å². The van der Waals surface area contributed by atoms with Crippen LogP contribution >= 0.6 is 0 Å². The summed E-state index contributed by atoms with van der Waals surface area (Å²) in [6.45, 7) is 2.18. The molecule has 0 aromatic heterocycles. The van der Waals surface area contributed by atoms with Gasteiger partial charge >= 0.3 is 5.97 Å². The third kappa shape index (κ3) is 2.77. The highest BCUT2D eigenvalue weighted by molar-refractivity contribution is 7.94. The minimum absolute atomic E-state index is 0.116. The Hall–Kier alpha value is -1.11. The standard InChI is InChI=1S/C10H17NO5S/c1-10(2,9(13)14)17(15,16)6-8(12)11(3)7-4-5-7/h7H,4-6H2,1-3H3,(H,13,14). The van der Waals surface area contributed by atoms with Gasteiger partial charge in [-0.2, -0.15) is 0 Å². The first-order valence-electron chi connectivity index (χ1n) is 5.31. The fourth-order valence-corrected chi connectivity index (χ4v) is 2.40. The molecule has 0 saturated heterocycles. The van der Waals surface area contributed by atoms with Gasteiger partial charge < -0.3 is 10.0 Å². The van der Waals surface area contributed by atoms with Crippen LogP contribution in [0, 0.1) is 0 Å². The van der Waals surface area contributed by atoms with Crippen LogP contribution in [0.2, 0.25) is 0 Å². The van der Waals surface area contributed by atoms with Crippen molar-refractivity contribution >= 4 is 21.7 Å². The van der Waals surface area contributed by atoms with Crippen LogP contribution in [0.1, 0.15) is 26.7 Å². The number of carbonyl (C=O) groups is 2. The summed E-state index contributed by atoms with van der Waals surface area (Å²) in [5.74, 6) is -2.74. The zero-order chi connectivity index (χ0) is 13.4. The van der Waals surface area contributed by atoms with Gasteiger partial charge in [0.15, 0.2) is 14.6 Å². The van der Waals surface area contributed by atoms with Crippen LogP contribution < -0.4 is 0 Å². The van der Waals surface area contributed by atoms with Crippen molar-refractivity contribution < 1.29 is 23.1 Å². The largest absolute Gasteiger partial charge is 0.480 e. The number of amides is 1. The average molecular weight is 263 g/mol. The molecule has 1 N–H and O–H groups in total. The maximum absolute atomic E-state index is 11.8. The molecule has 0 aromatic carbocycles. The second-order valence-electron chi connectivity index (χ2n) is 4.81. The number of rotatable bonds is 5. The van der Waals surface area contributed by atoms with Crippen LogP contribution in [0.15, 0.2) is 0 Å². The number of hydrogen-bond donors (Lipinski definition) is 1. The maximum Gasteiger partial charge on any atom is 0.324 e. The molecule has 0 unspecified atom stereocenters. The topological polar surface area (TPSA) is 91.8 Å². The number of nitrogens with zero attached hydrogens (tertiary/aromatic N) is 1. The zero-order valence-corrected chi connectivity index (χ0v) is 11.0. The Morgan fingerprint density at radius 3 is 2.18 bits per heavy atom. The lowest BCUT2D eigenvalue weighted by Gasteiger charge is -2.22. The smallest absolute Gasteiger partial charge is 0.324 e. The quantitative estimate of drug-likeness (QED) is 0.747. The minimum Gasteiger partial charge on any atom is -0.480 e. The van der Waals surface area contributed by atoms with E-state index in [-0.39, 0.29) is 6.04 Å². The van der Waals surface area contributed by atoms with Crippen molar-refractivity contribution in [1.82, 2.24) is 4.90 Å². The molecule has 0 aliphatic heterocycles. The Bertz CT molecular complexity index is 436. The molecular weight excluding hydrogens is 246 g/mol. The molecule has 1 fully saturated rings. The Morgan fingerprint density at radius 1 is 1.35 bits per heavy atom. The van der Waals surface area contributed by atoms with Crippen molar-refractivity contribution in [3.63, 3.8) is 0 Å². The van der Waals surface area contributed by atoms with Crippen LogP contribution in [0.5, 0.6) is 0 Å². The van der Waals surface area contributed by atoms with Gasteiger partial charge in [0.1, 0.15) is 5.75 Å². The van der Waals surface area contributed by atoms with Crippen LogP contribution in [0.25, 0.3) is 0 Å². The van der Waals surface area contributed by atoms with Crippen molar-refractivity contribution in [3.8, 4) is 0 Å². The van der Waals surface area contributed by atoms with E-state index >= 15 is 0 Å². The lowest BCUT2D eigenvalue weighted by molar-refractivity contribution is -0.139. The van der Waals surface area contributed by atoms with E-state index in [1.165, 1.54) is 4.90 Å². The van der Waals surface area contributed by atoms with E-state index in [4.69, 9.17) is 5.11 Å². The number of carboxylic acids is 1. The summed E-state index contributed by atoms with van der Waals surface area (Å²) < 4.78 is 21.7. The Labute approximate surface area is 101 Å². The van der Waals surface area contributed by atoms with Crippen molar-refractivity contribution in [2.75, 3.05) is 12.8 Å². The molecule has 0 atom stereocenters. The summed E-state index contributed by atoms with van der Waals surface area (Å²) in [6.07, 6.45) is 1.76. The van der Waals surface area contributed by atoms with E-state index in [1.807, 2.05) is 0 Å². The van der Waals surface area contributed by atoms with Gasteiger partial charge in [0.25, 0.3) is 0 Å². The Kier molecular flexibility index (Phi) is 3.52. The molecule has 0 aromatic rings. The highest BCUT2D eigenvalue weighted by atomic mass is 32.2. The molecule has 6 nitrogen and oxygen atoms in total. The highest BCUT2D eigenvalue weighted by Gasteiger charge is 2.44. The van der Waals surface area contributed by atoms with Crippen molar-refractivity contribution in [3.05, 3.63) is 0 Å². The second-order valence-corrected chi connectivity index (χ2v) is 7.35. The molecule has 0 heterocycles. The summed E-state index contributed by atoms with van der Waals surface area (Å²) in [7, 11) is -2.45. The zero-order valence-electron chi connectivity index (χ0n) is 10.1. The number of hydrogen-bond acceptors (Lipinski definition) is 4. The van der Waals surface area contributed by atoms with E-state index in [0.29, 0.717) is 0 Å². The molecule has 1 aliphatic rings. The maximum atomic E-state index is 11.8.